The van der Waals surface area contributed by atoms with Crippen molar-refractivity contribution in [3.8, 4) is 0 Å². The number of nitrogens with one attached hydrogen (secondary N) is 1. The Bertz CT molecular complexity index is 671. The number of ketones is 1. The minimum Gasteiger partial charge on any atom is -0.453 e. The molecular formula is C17H22N2O4. The van der Waals surface area contributed by atoms with Crippen molar-refractivity contribution in [3.63, 3.8) is 0 Å². The van der Waals surface area contributed by atoms with E-state index in [4.69, 9.17) is 9.47 Å². The molecule has 6 nitrogen and oxygen atoms in total. The topological polar surface area (TPSA) is 73.3 Å². The lowest BCUT2D eigenvalue weighted by molar-refractivity contribution is 0.0469. The molecule has 124 valence electrons. The van der Waals surface area contributed by atoms with E-state index in [0.29, 0.717) is 17.9 Å². The van der Waals surface area contributed by atoms with E-state index >= 15 is 0 Å². The second kappa shape index (κ2) is 7.78. The first-order valence-corrected chi connectivity index (χ1v) is 7.54. The molecule has 0 aliphatic heterocycles. The summed E-state index contributed by atoms with van der Waals surface area (Å²) in [5, 5.41) is 0. The van der Waals surface area contributed by atoms with E-state index in [2.05, 4.69) is 9.55 Å². The molecule has 0 spiro atoms. The van der Waals surface area contributed by atoms with Crippen LogP contribution in [0.3, 0.4) is 0 Å². The molecule has 0 aromatic carbocycles. The summed E-state index contributed by atoms with van der Waals surface area (Å²) >= 11 is 0. The van der Waals surface area contributed by atoms with Crippen LogP contribution in [0.4, 0.5) is 0 Å². The maximum Gasteiger partial charge on any atom is 0.355 e. The smallest absolute Gasteiger partial charge is 0.355 e. The molecule has 6 heteroatoms. The first-order valence-electron chi connectivity index (χ1n) is 7.54. The first kappa shape index (κ1) is 17.0. The van der Waals surface area contributed by atoms with E-state index in [1.165, 1.54) is 0 Å². The maximum atomic E-state index is 12.3. The van der Waals surface area contributed by atoms with Crippen LogP contribution in [-0.4, -0.2) is 41.6 Å². The van der Waals surface area contributed by atoms with Crippen LogP contribution < -0.4 is 0 Å². The van der Waals surface area contributed by atoms with Crippen LogP contribution in [0, 0.1) is 13.8 Å². The van der Waals surface area contributed by atoms with Crippen molar-refractivity contribution in [2.75, 3.05) is 20.3 Å². The van der Waals surface area contributed by atoms with Crippen molar-refractivity contribution in [1.29, 1.82) is 0 Å². The number of esters is 1. The zero-order valence-electron chi connectivity index (χ0n) is 13.7. The van der Waals surface area contributed by atoms with Crippen LogP contribution in [-0.2, 0) is 16.0 Å². The van der Waals surface area contributed by atoms with Crippen LogP contribution in [0.2, 0.25) is 0 Å². The molecule has 0 atom stereocenters. The Morgan fingerprint density at radius 1 is 1.30 bits per heavy atom. The van der Waals surface area contributed by atoms with E-state index in [1.54, 1.807) is 25.4 Å². The largest absolute Gasteiger partial charge is 0.453 e. The second-order valence-corrected chi connectivity index (χ2v) is 5.37. The molecule has 0 saturated carbocycles. The Morgan fingerprint density at radius 3 is 2.74 bits per heavy atom. The third-order valence-electron chi connectivity index (χ3n) is 3.76. The van der Waals surface area contributed by atoms with E-state index in [9.17, 15) is 9.59 Å². The third kappa shape index (κ3) is 4.10. The summed E-state index contributed by atoms with van der Waals surface area (Å²) in [6.07, 6.45) is 2.51. The SMILES string of the molecule is COCCCn1c(C)cc(C(=O)COC(=O)c2ccc[nH]2)c1C. The summed E-state index contributed by atoms with van der Waals surface area (Å²) < 4.78 is 12.2. The molecule has 0 aliphatic rings. The fourth-order valence-corrected chi connectivity index (χ4v) is 2.54. The number of methoxy groups -OCH3 is 1. The molecule has 2 rings (SSSR count). The van der Waals surface area contributed by atoms with Gasteiger partial charge in [-0.15, -0.1) is 0 Å². The number of H-pyrrole nitrogens is 1. The average molecular weight is 318 g/mol. The maximum absolute atomic E-state index is 12.3. The number of ether oxygens (including phenoxy) is 2. The van der Waals surface area contributed by atoms with Crippen molar-refractivity contribution < 1.29 is 19.1 Å². The Labute approximate surface area is 135 Å². The standard InChI is InChI=1S/C17H22N2O4/c1-12-10-14(13(2)19(12)8-5-9-22-3)16(20)11-23-17(21)15-6-4-7-18-15/h4,6-7,10,18H,5,8-9,11H2,1-3H3. The lowest BCUT2D eigenvalue weighted by Gasteiger charge is -2.09. The summed E-state index contributed by atoms with van der Waals surface area (Å²) in [6.45, 7) is 5.07. The summed E-state index contributed by atoms with van der Waals surface area (Å²) in [4.78, 5) is 26.8. The molecular weight excluding hydrogens is 296 g/mol. The highest BCUT2D eigenvalue weighted by atomic mass is 16.5. The molecule has 0 radical (unpaired) electrons. The predicted molar refractivity (Wildman–Crippen MR) is 85.8 cm³/mol. The van der Waals surface area contributed by atoms with Crippen LogP contribution in [0.15, 0.2) is 24.4 Å². The lowest BCUT2D eigenvalue weighted by Crippen LogP contribution is -2.15. The highest BCUT2D eigenvalue weighted by molar-refractivity contribution is 6.00. The van der Waals surface area contributed by atoms with Crippen molar-refractivity contribution in [2.24, 2.45) is 0 Å². The van der Waals surface area contributed by atoms with Gasteiger partial charge in [-0.1, -0.05) is 0 Å². The quantitative estimate of drug-likeness (QED) is 0.461. The van der Waals surface area contributed by atoms with Crippen LogP contribution >= 0.6 is 0 Å². The summed E-state index contributed by atoms with van der Waals surface area (Å²) in [5.74, 6) is -0.728. The minimum atomic E-state index is -0.530. The molecule has 23 heavy (non-hydrogen) atoms. The number of aromatic nitrogens is 2. The van der Waals surface area contributed by atoms with Gasteiger partial charge in [0.25, 0.3) is 0 Å². The zero-order valence-corrected chi connectivity index (χ0v) is 13.7. The molecule has 1 N–H and O–H groups in total. The number of aromatic amines is 1. The summed E-state index contributed by atoms with van der Waals surface area (Å²) in [5.41, 5.74) is 2.83. The van der Waals surface area contributed by atoms with Gasteiger partial charge in [-0.3, -0.25) is 4.79 Å². The van der Waals surface area contributed by atoms with Crippen molar-refractivity contribution in [2.45, 2.75) is 26.8 Å². The highest BCUT2D eigenvalue weighted by Gasteiger charge is 2.18. The predicted octanol–water partition coefficient (Wildman–Crippen LogP) is 2.51. The molecule has 0 aliphatic carbocycles. The lowest BCUT2D eigenvalue weighted by atomic mass is 10.1. The van der Waals surface area contributed by atoms with Gasteiger partial charge in [0, 0.05) is 43.4 Å². The molecule has 2 aromatic rings. The Hall–Kier alpha value is -2.34. The normalized spacial score (nSPS) is 10.7. The zero-order chi connectivity index (χ0) is 16.8. The van der Waals surface area contributed by atoms with Crippen molar-refractivity contribution in [1.82, 2.24) is 9.55 Å². The van der Waals surface area contributed by atoms with Gasteiger partial charge in [-0.2, -0.15) is 0 Å². The van der Waals surface area contributed by atoms with Gasteiger partial charge in [0.1, 0.15) is 5.69 Å². The van der Waals surface area contributed by atoms with Gasteiger partial charge in [-0.05, 0) is 38.5 Å². The molecule has 0 unspecified atom stereocenters. The van der Waals surface area contributed by atoms with E-state index in [0.717, 1.165) is 24.4 Å². The first-order chi connectivity index (χ1) is 11.0. The van der Waals surface area contributed by atoms with Gasteiger partial charge in [-0.25, -0.2) is 4.79 Å². The van der Waals surface area contributed by atoms with Gasteiger partial charge in [0.05, 0.1) is 0 Å². The van der Waals surface area contributed by atoms with Crippen molar-refractivity contribution in [3.05, 3.63) is 47.0 Å². The van der Waals surface area contributed by atoms with E-state index in [-0.39, 0.29) is 12.4 Å². The number of hydrogen-bond donors (Lipinski definition) is 1. The number of rotatable bonds is 8. The average Bonchev–Trinajstić information content (AvgIpc) is 3.16. The molecule has 0 fully saturated rings. The number of hydrogen-bond acceptors (Lipinski definition) is 4. The number of carbonyl (C=O) groups is 2. The number of Topliss-reactive ketones (excluding diaryl/α,β-unsaturated/α-hetero) is 1. The van der Waals surface area contributed by atoms with Crippen LogP contribution in [0.25, 0.3) is 0 Å². The monoisotopic (exact) mass is 318 g/mol. The minimum absolute atomic E-state index is 0.198. The molecule has 0 amide bonds. The Balaban J connectivity index is 1.99. The number of aryl methyl sites for hydroxylation is 1. The van der Waals surface area contributed by atoms with Crippen molar-refractivity contribution >= 4 is 11.8 Å². The van der Waals surface area contributed by atoms with Crippen LogP contribution in [0.5, 0.6) is 0 Å². The fraction of sp³-hybridized carbons (Fsp3) is 0.412. The summed E-state index contributed by atoms with van der Waals surface area (Å²) in [6, 6.07) is 5.15. The Morgan fingerprint density at radius 2 is 2.09 bits per heavy atom. The van der Waals surface area contributed by atoms with E-state index < -0.39 is 5.97 Å². The number of nitrogens with zero attached hydrogens (tertiary/aromatic N) is 1. The fourth-order valence-electron chi connectivity index (χ4n) is 2.54. The van der Waals surface area contributed by atoms with Crippen LogP contribution in [0.1, 0.15) is 38.7 Å². The Kier molecular flexibility index (Phi) is 5.76. The molecule has 2 aromatic heterocycles. The van der Waals surface area contributed by atoms with Gasteiger partial charge in [0.2, 0.25) is 5.78 Å². The third-order valence-corrected chi connectivity index (χ3v) is 3.76. The van der Waals surface area contributed by atoms with Gasteiger partial charge in [0.15, 0.2) is 6.61 Å². The van der Waals surface area contributed by atoms with Gasteiger partial charge < -0.3 is 19.0 Å². The van der Waals surface area contributed by atoms with Gasteiger partial charge >= 0.3 is 5.97 Å². The molecule has 0 bridgehead atoms. The highest BCUT2D eigenvalue weighted by Crippen LogP contribution is 2.16. The molecule has 2 heterocycles. The summed E-state index contributed by atoms with van der Waals surface area (Å²) in [7, 11) is 1.67. The number of carbonyl (C=O) groups excluding carboxylic acids is 2. The van der Waals surface area contributed by atoms with E-state index in [1.807, 2.05) is 19.9 Å². The molecule has 0 saturated heterocycles. The second-order valence-electron chi connectivity index (χ2n) is 5.37.